The van der Waals surface area contributed by atoms with Crippen LogP contribution >= 0.6 is 0 Å². The topological polar surface area (TPSA) is 55.2 Å². The third-order valence-electron chi connectivity index (χ3n) is 3.46. The lowest BCUT2D eigenvalue weighted by atomic mass is 10.1. The van der Waals surface area contributed by atoms with Gasteiger partial charge in [-0.1, -0.05) is 42.5 Å². The highest BCUT2D eigenvalue weighted by Crippen LogP contribution is 2.43. The van der Waals surface area contributed by atoms with E-state index in [2.05, 4.69) is 17.4 Å². The van der Waals surface area contributed by atoms with E-state index in [9.17, 15) is 10.1 Å². The molecule has 96 valence electrons. The summed E-state index contributed by atoms with van der Waals surface area (Å²) in [5.74, 6) is 0.459. The number of nitrogens with zero attached hydrogens (tertiary/aromatic N) is 1. The Labute approximate surface area is 111 Å². The van der Waals surface area contributed by atoms with Crippen molar-refractivity contribution in [2.45, 2.75) is 18.4 Å². The molecule has 0 spiro atoms. The summed E-state index contributed by atoms with van der Waals surface area (Å²) in [7, 11) is 0. The highest BCUT2D eigenvalue weighted by molar-refractivity contribution is 5.62. The second kappa shape index (κ2) is 4.72. The van der Waals surface area contributed by atoms with Gasteiger partial charge in [0.1, 0.15) is 5.69 Å². The highest BCUT2D eigenvalue weighted by atomic mass is 16.6. The van der Waals surface area contributed by atoms with Crippen LogP contribution in [-0.2, 0) is 0 Å². The predicted molar refractivity (Wildman–Crippen MR) is 74.3 cm³/mol. The van der Waals surface area contributed by atoms with Crippen molar-refractivity contribution >= 4 is 11.4 Å². The van der Waals surface area contributed by atoms with Gasteiger partial charge in [-0.15, -0.1) is 0 Å². The molecule has 4 nitrogen and oxygen atoms in total. The molecule has 0 unspecified atom stereocenters. The fourth-order valence-electron chi connectivity index (χ4n) is 2.38. The van der Waals surface area contributed by atoms with Crippen LogP contribution in [0.25, 0.3) is 0 Å². The molecule has 2 aromatic carbocycles. The maximum Gasteiger partial charge on any atom is 0.292 e. The van der Waals surface area contributed by atoms with Crippen molar-refractivity contribution < 1.29 is 4.92 Å². The van der Waals surface area contributed by atoms with Crippen molar-refractivity contribution in [2.24, 2.45) is 0 Å². The van der Waals surface area contributed by atoms with Gasteiger partial charge in [0.15, 0.2) is 0 Å². The first-order valence-electron chi connectivity index (χ1n) is 6.30. The number of hydrogen-bond acceptors (Lipinski definition) is 3. The summed E-state index contributed by atoms with van der Waals surface area (Å²) >= 11 is 0. The van der Waals surface area contributed by atoms with Crippen LogP contribution in [0.2, 0.25) is 0 Å². The summed E-state index contributed by atoms with van der Waals surface area (Å²) in [4.78, 5) is 10.6. The van der Waals surface area contributed by atoms with Gasteiger partial charge < -0.3 is 5.32 Å². The van der Waals surface area contributed by atoms with Gasteiger partial charge >= 0.3 is 0 Å². The average molecular weight is 254 g/mol. The van der Waals surface area contributed by atoms with E-state index in [1.807, 2.05) is 24.3 Å². The van der Waals surface area contributed by atoms with Crippen LogP contribution in [0.4, 0.5) is 11.4 Å². The average Bonchev–Trinajstić information content (AvgIpc) is 3.19. The van der Waals surface area contributed by atoms with E-state index in [-0.39, 0.29) is 10.6 Å². The van der Waals surface area contributed by atoms with Gasteiger partial charge in [-0.25, -0.2) is 0 Å². The summed E-state index contributed by atoms with van der Waals surface area (Å²) < 4.78 is 0. The Balaban J connectivity index is 1.73. The van der Waals surface area contributed by atoms with E-state index in [0.717, 1.165) is 6.42 Å². The molecule has 3 rings (SSSR count). The monoisotopic (exact) mass is 254 g/mol. The number of hydrogen-bond donors (Lipinski definition) is 1. The molecule has 1 aliphatic carbocycles. The highest BCUT2D eigenvalue weighted by Gasteiger charge is 2.39. The minimum Gasteiger partial charge on any atom is -0.376 e. The Morgan fingerprint density at radius 2 is 1.74 bits per heavy atom. The van der Waals surface area contributed by atoms with E-state index in [1.54, 1.807) is 12.1 Å². The molecule has 2 atom stereocenters. The Morgan fingerprint density at radius 1 is 1.05 bits per heavy atom. The Bertz CT molecular complexity index is 598. The molecule has 0 heterocycles. The molecule has 1 aliphatic rings. The molecule has 0 saturated heterocycles. The van der Waals surface area contributed by atoms with Gasteiger partial charge in [-0.05, 0) is 18.1 Å². The first-order chi connectivity index (χ1) is 9.25. The number of para-hydroxylation sites is 2. The number of rotatable bonds is 4. The molecular weight excluding hydrogens is 240 g/mol. The normalized spacial score (nSPS) is 20.8. The van der Waals surface area contributed by atoms with Crippen LogP contribution in [-0.4, -0.2) is 11.0 Å². The molecular formula is C15H14N2O2. The molecule has 0 radical (unpaired) electrons. The van der Waals surface area contributed by atoms with Crippen LogP contribution in [0.5, 0.6) is 0 Å². The van der Waals surface area contributed by atoms with Gasteiger partial charge in [0.25, 0.3) is 5.69 Å². The Hall–Kier alpha value is -2.36. The maximum absolute atomic E-state index is 10.9. The molecule has 0 amide bonds. The number of nitro groups is 1. The van der Waals surface area contributed by atoms with Crippen LogP contribution < -0.4 is 5.32 Å². The number of benzene rings is 2. The van der Waals surface area contributed by atoms with Crippen LogP contribution in [0.3, 0.4) is 0 Å². The summed E-state index contributed by atoms with van der Waals surface area (Å²) in [5.41, 5.74) is 2.04. The molecule has 0 bridgehead atoms. The smallest absolute Gasteiger partial charge is 0.292 e. The van der Waals surface area contributed by atoms with Gasteiger partial charge in [0, 0.05) is 18.0 Å². The Kier molecular flexibility index (Phi) is 2.91. The molecule has 4 heteroatoms. The van der Waals surface area contributed by atoms with Gasteiger partial charge in [-0.3, -0.25) is 10.1 Å². The molecule has 0 aliphatic heterocycles. The molecule has 2 aromatic rings. The van der Waals surface area contributed by atoms with E-state index in [4.69, 9.17) is 0 Å². The first kappa shape index (κ1) is 11.7. The van der Waals surface area contributed by atoms with E-state index >= 15 is 0 Å². The second-order valence-corrected chi connectivity index (χ2v) is 4.78. The molecule has 1 N–H and O–H groups in total. The largest absolute Gasteiger partial charge is 0.376 e. The van der Waals surface area contributed by atoms with Crippen molar-refractivity contribution in [2.75, 3.05) is 5.32 Å². The zero-order valence-electron chi connectivity index (χ0n) is 10.3. The van der Waals surface area contributed by atoms with E-state index < -0.39 is 0 Å². The molecule has 19 heavy (non-hydrogen) atoms. The molecule has 1 fully saturated rings. The van der Waals surface area contributed by atoms with Gasteiger partial charge in [0.2, 0.25) is 0 Å². The fourth-order valence-corrected chi connectivity index (χ4v) is 2.38. The lowest BCUT2D eigenvalue weighted by Crippen LogP contribution is -2.06. The number of nitrogens with one attached hydrogen (secondary N) is 1. The van der Waals surface area contributed by atoms with Crippen molar-refractivity contribution in [3.8, 4) is 0 Å². The summed E-state index contributed by atoms with van der Waals surface area (Å²) in [5, 5.41) is 14.2. The second-order valence-electron chi connectivity index (χ2n) is 4.78. The molecule has 0 aromatic heterocycles. The zero-order chi connectivity index (χ0) is 13.2. The zero-order valence-corrected chi connectivity index (χ0v) is 10.3. The maximum atomic E-state index is 10.9. The third-order valence-corrected chi connectivity index (χ3v) is 3.46. The molecule has 1 saturated carbocycles. The van der Waals surface area contributed by atoms with Crippen molar-refractivity contribution in [1.82, 2.24) is 0 Å². The summed E-state index contributed by atoms with van der Waals surface area (Å²) in [6.45, 7) is 0. The Morgan fingerprint density at radius 3 is 2.47 bits per heavy atom. The van der Waals surface area contributed by atoms with Crippen molar-refractivity contribution in [1.29, 1.82) is 0 Å². The van der Waals surface area contributed by atoms with Crippen LogP contribution in [0.15, 0.2) is 54.6 Å². The van der Waals surface area contributed by atoms with Crippen molar-refractivity contribution in [3.05, 3.63) is 70.3 Å². The van der Waals surface area contributed by atoms with Gasteiger partial charge in [0.05, 0.1) is 4.92 Å². The standard InChI is InChI=1S/C15H14N2O2/c18-17(19)15-9-5-4-8-13(15)16-14-10-12(14)11-6-2-1-3-7-11/h1-9,12,14,16H,10H2/t12-,14-/m1/s1. The minimum atomic E-state index is -0.345. The fraction of sp³-hybridized carbons (Fsp3) is 0.200. The SMILES string of the molecule is O=[N+]([O-])c1ccccc1N[C@@H]1C[C@@H]1c1ccccc1. The minimum absolute atomic E-state index is 0.140. The first-order valence-corrected chi connectivity index (χ1v) is 6.30. The van der Waals surface area contributed by atoms with E-state index in [0.29, 0.717) is 17.6 Å². The quantitative estimate of drug-likeness (QED) is 0.670. The van der Waals surface area contributed by atoms with Crippen LogP contribution in [0, 0.1) is 10.1 Å². The summed E-state index contributed by atoms with van der Waals surface area (Å²) in [6, 6.07) is 17.3. The predicted octanol–water partition coefficient (Wildman–Crippen LogP) is 3.56. The summed E-state index contributed by atoms with van der Waals surface area (Å²) in [6.07, 6.45) is 1.02. The van der Waals surface area contributed by atoms with Crippen molar-refractivity contribution in [3.63, 3.8) is 0 Å². The number of nitro benzene ring substituents is 1. The lowest BCUT2D eigenvalue weighted by molar-refractivity contribution is -0.384. The van der Waals surface area contributed by atoms with E-state index in [1.165, 1.54) is 11.6 Å². The third kappa shape index (κ3) is 2.42. The number of anilines is 1. The van der Waals surface area contributed by atoms with Crippen LogP contribution in [0.1, 0.15) is 17.9 Å². The lowest BCUT2D eigenvalue weighted by Gasteiger charge is -2.06. The van der Waals surface area contributed by atoms with Gasteiger partial charge in [-0.2, -0.15) is 0 Å².